The monoisotopic (exact) mass is 283 g/mol. The first kappa shape index (κ1) is 15.2. The van der Waals surface area contributed by atoms with Gasteiger partial charge in [-0.1, -0.05) is 20.8 Å². The third kappa shape index (κ3) is 2.95. The summed E-state index contributed by atoms with van der Waals surface area (Å²) in [5, 5.41) is 3.30. The summed E-state index contributed by atoms with van der Waals surface area (Å²) in [5.41, 5.74) is 0.291. The molecule has 20 heavy (non-hydrogen) atoms. The summed E-state index contributed by atoms with van der Waals surface area (Å²) in [6, 6.07) is 2.25. The van der Waals surface area contributed by atoms with Crippen LogP contribution in [-0.4, -0.2) is 13.7 Å². The van der Waals surface area contributed by atoms with Crippen molar-refractivity contribution < 1.29 is 13.5 Å². The van der Waals surface area contributed by atoms with Crippen LogP contribution in [-0.2, 0) is 0 Å². The normalized spacial score (nSPS) is 21.6. The molecule has 2 rings (SSSR count). The molecule has 1 fully saturated rings. The molecule has 112 valence electrons. The van der Waals surface area contributed by atoms with Crippen molar-refractivity contribution in [3.8, 4) is 5.75 Å². The van der Waals surface area contributed by atoms with Gasteiger partial charge in [-0.3, -0.25) is 0 Å². The maximum atomic E-state index is 14.3. The Kier molecular flexibility index (Phi) is 4.33. The van der Waals surface area contributed by atoms with E-state index in [9.17, 15) is 8.78 Å². The van der Waals surface area contributed by atoms with Crippen LogP contribution in [0, 0.1) is 23.0 Å². The van der Waals surface area contributed by atoms with Crippen LogP contribution in [0.2, 0.25) is 0 Å². The van der Waals surface area contributed by atoms with E-state index in [4.69, 9.17) is 4.74 Å². The molecule has 0 heterocycles. The molecule has 0 saturated heterocycles. The zero-order valence-corrected chi connectivity index (χ0v) is 12.6. The molecule has 1 aliphatic carbocycles. The minimum atomic E-state index is -0.529. The fraction of sp³-hybridized carbons (Fsp3) is 0.625. The zero-order valence-electron chi connectivity index (χ0n) is 12.6. The molecule has 1 aliphatic rings. The molecule has 1 aromatic rings. The molecule has 0 aromatic heterocycles. The van der Waals surface area contributed by atoms with E-state index in [1.807, 2.05) is 6.92 Å². The van der Waals surface area contributed by atoms with E-state index in [-0.39, 0.29) is 28.7 Å². The quantitative estimate of drug-likeness (QED) is 0.850. The highest BCUT2D eigenvalue weighted by Crippen LogP contribution is 2.58. The summed E-state index contributed by atoms with van der Waals surface area (Å²) in [4.78, 5) is 0. The smallest absolute Gasteiger partial charge is 0.134 e. The number of methoxy groups -OCH3 is 1. The van der Waals surface area contributed by atoms with Crippen LogP contribution in [0.4, 0.5) is 8.78 Å². The molecule has 2 unspecified atom stereocenters. The standard InChI is InChI=1S/C16H23F2NO/c1-5-6-19-15(11-9-16(11,2)3)14-12(17)7-10(20-4)8-13(14)18/h7-8,11,15,19H,5-6,9H2,1-4H3. The Morgan fingerprint density at radius 3 is 2.30 bits per heavy atom. The number of benzene rings is 1. The van der Waals surface area contributed by atoms with Gasteiger partial charge in [-0.2, -0.15) is 0 Å². The summed E-state index contributed by atoms with van der Waals surface area (Å²) >= 11 is 0. The van der Waals surface area contributed by atoms with Gasteiger partial charge in [-0.05, 0) is 30.7 Å². The van der Waals surface area contributed by atoms with Crippen LogP contribution in [0.3, 0.4) is 0 Å². The van der Waals surface area contributed by atoms with Crippen molar-refractivity contribution in [3.63, 3.8) is 0 Å². The molecule has 0 bridgehead atoms. The number of halogens is 2. The van der Waals surface area contributed by atoms with Crippen LogP contribution in [0.25, 0.3) is 0 Å². The Hall–Kier alpha value is -1.16. The Morgan fingerprint density at radius 2 is 1.90 bits per heavy atom. The minimum Gasteiger partial charge on any atom is -0.497 e. The lowest BCUT2D eigenvalue weighted by molar-refractivity contribution is 0.376. The lowest BCUT2D eigenvalue weighted by Crippen LogP contribution is -2.27. The number of rotatable bonds is 6. The fourth-order valence-electron chi connectivity index (χ4n) is 2.80. The molecule has 0 amide bonds. The van der Waals surface area contributed by atoms with Gasteiger partial charge in [0.25, 0.3) is 0 Å². The van der Waals surface area contributed by atoms with Crippen molar-refractivity contribution in [2.45, 2.75) is 39.7 Å². The van der Waals surface area contributed by atoms with E-state index in [2.05, 4.69) is 19.2 Å². The molecule has 0 radical (unpaired) electrons. The molecule has 1 saturated carbocycles. The fourth-order valence-corrected chi connectivity index (χ4v) is 2.80. The first-order chi connectivity index (χ1) is 9.40. The maximum Gasteiger partial charge on any atom is 0.134 e. The summed E-state index contributed by atoms with van der Waals surface area (Å²) in [6.07, 6.45) is 1.92. The Balaban J connectivity index is 2.33. The van der Waals surface area contributed by atoms with Crippen LogP contribution in [0.1, 0.15) is 45.2 Å². The van der Waals surface area contributed by atoms with Gasteiger partial charge < -0.3 is 10.1 Å². The summed E-state index contributed by atoms with van der Waals surface area (Å²) in [6.45, 7) is 7.07. The largest absolute Gasteiger partial charge is 0.497 e. The van der Waals surface area contributed by atoms with Gasteiger partial charge in [-0.15, -0.1) is 0 Å². The Bertz CT molecular complexity index is 464. The molecule has 1 N–H and O–H groups in total. The van der Waals surface area contributed by atoms with Gasteiger partial charge in [0.05, 0.1) is 7.11 Å². The number of ether oxygens (including phenoxy) is 1. The number of nitrogens with one attached hydrogen (secondary N) is 1. The van der Waals surface area contributed by atoms with Gasteiger partial charge in [0, 0.05) is 23.7 Å². The average molecular weight is 283 g/mol. The van der Waals surface area contributed by atoms with Crippen molar-refractivity contribution in [1.29, 1.82) is 0 Å². The number of hydrogen-bond donors (Lipinski definition) is 1. The topological polar surface area (TPSA) is 21.3 Å². The lowest BCUT2D eigenvalue weighted by atomic mass is 9.95. The second-order valence-corrected chi connectivity index (χ2v) is 6.24. The van der Waals surface area contributed by atoms with Crippen molar-refractivity contribution in [3.05, 3.63) is 29.3 Å². The molecule has 0 spiro atoms. The first-order valence-corrected chi connectivity index (χ1v) is 7.17. The van der Waals surface area contributed by atoms with E-state index in [1.54, 1.807) is 0 Å². The zero-order chi connectivity index (χ0) is 14.9. The summed E-state index contributed by atoms with van der Waals surface area (Å²) < 4.78 is 33.4. The van der Waals surface area contributed by atoms with Gasteiger partial charge in [0.1, 0.15) is 17.4 Å². The van der Waals surface area contributed by atoms with Crippen molar-refractivity contribution >= 4 is 0 Å². The molecule has 2 atom stereocenters. The van der Waals surface area contributed by atoms with E-state index in [1.165, 1.54) is 19.2 Å². The number of hydrogen-bond acceptors (Lipinski definition) is 2. The average Bonchev–Trinajstić information content (AvgIpc) is 3.01. The van der Waals surface area contributed by atoms with Crippen LogP contribution >= 0.6 is 0 Å². The molecule has 0 aliphatic heterocycles. The van der Waals surface area contributed by atoms with Gasteiger partial charge in [0.2, 0.25) is 0 Å². The lowest BCUT2D eigenvalue weighted by Gasteiger charge is -2.22. The van der Waals surface area contributed by atoms with E-state index in [0.717, 1.165) is 19.4 Å². The van der Waals surface area contributed by atoms with E-state index < -0.39 is 11.6 Å². The second kappa shape index (κ2) is 5.68. The van der Waals surface area contributed by atoms with Crippen molar-refractivity contribution in [2.24, 2.45) is 11.3 Å². The van der Waals surface area contributed by atoms with E-state index in [0.29, 0.717) is 0 Å². The predicted octanol–water partition coefficient (Wildman–Crippen LogP) is 4.06. The predicted molar refractivity (Wildman–Crippen MR) is 75.8 cm³/mol. The van der Waals surface area contributed by atoms with Gasteiger partial charge >= 0.3 is 0 Å². The van der Waals surface area contributed by atoms with Crippen LogP contribution in [0.15, 0.2) is 12.1 Å². The third-order valence-corrected chi connectivity index (χ3v) is 4.21. The van der Waals surface area contributed by atoms with Crippen LogP contribution in [0.5, 0.6) is 5.75 Å². The molecule has 1 aromatic carbocycles. The Labute approximate surface area is 119 Å². The highest BCUT2D eigenvalue weighted by Gasteiger charge is 2.51. The second-order valence-electron chi connectivity index (χ2n) is 6.24. The molecular weight excluding hydrogens is 260 g/mol. The molecule has 2 nitrogen and oxygen atoms in total. The highest BCUT2D eigenvalue weighted by atomic mass is 19.1. The summed E-state index contributed by atoms with van der Waals surface area (Å²) in [7, 11) is 1.41. The van der Waals surface area contributed by atoms with Gasteiger partial charge in [-0.25, -0.2) is 8.78 Å². The van der Waals surface area contributed by atoms with Crippen molar-refractivity contribution in [1.82, 2.24) is 5.32 Å². The third-order valence-electron chi connectivity index (χ3n) is 4.21. The molecule has 4 heteroatoms. The maximum absolute atomic E-state index is 14.3. The summed E-state index contributed by atoms with van der Waals surface area (Å²) in [5.74, 6) is -0.573. The van der Waals surface area contributed by atoms with Gasteiger partial charge in [0.15, 0.2) is 0 Å². The SMILES string of the molecule is CCCNC(c1c(F)cc(OC)cc1F)C1CC1(C)C. The van der Waals surface area contributed by atoms with Crippen molar-refractivity contribution in [2.75, 3.05) is 13.7 Å². The first-order valence-electron chi connectivity index (χ1n) is 7.17. The van der Waals surface area contributed by atoms with E-state index >= 15 is 0 Å². The Morgan fingerprint density at radius 1 is 1.35 bits per heavy atom. The highest BCUT2D eigenvalue weighted by molar-refractivity contribution is 5.34. The van der Waals surface area contributed by atoms with Crippen LogP contribution < -0.4 is 10.1 Å². The minimum absolute atomic E-state index is 0.143. The molecular formula is C16H23F2NO.